The first-order chi connectivity index (χ1) is 67.3. The lowest BCUT2D eigenvalue weighted by molar-refractivity contribution is 0.220. The number of aromatic nitrogens is 4. The summed E-state index contributed by atoms with van der Waals surface area (Å²) in [6, 6.07) is 46.1. The van der Waals surface area contributed by atoms with Gasteiger partial charge in [0.1, 0.15) is 0 Å². The highest BCUT2D eigenvalue weighted by molar-refractivity contribution is 7.00. The van der Waals surface area contributed by atoms with Crippen LogP contribution >= 0.6 is 0 Å². The Labute approximate surface area is 738 Å². The van der Waals surface area contributed by atoms with E-state index in [0.717, 1.165) is 87.9 Å². The van der Waals surface area contributed by atoms with Crippen molar-refractivity contribution in [1.82, 2.24) is 18.3 Å². The highest BCUT2D eigenvalue weighted by Gasteiger charge is 2.51. The molecule has 0 spiro atoms. The van der Waals surface area contributed by atoms with E-state index in [0.29, 0.717) is 68.6 Å². The number of rotatable bonds is 10. The van der Waals surface area contributed by atoms with Gasteiger partial charge in [0.05, 0.1) is 83.3 Å². The van der Waals surface area contributed by atoms with Gasteiger partial charge in [0.2, 0.25) is 0 Å². The molecule has 7 heteroatoms. The van der Waals surface area contributed by atoms with Gasteiger partial charge >= 0.3 is 0 Å². The Morgan fingerprint density at radius 1 is 0.397 bits per heavy atom. The van der Waals surface area contributed by atoms with Crippen LogP contribution in [0.15, 0.2) is 338 Å². The molecule has 14 aromatic carbocycles. The van der Waals surface area contributed by atoms with E-state index in [1.165, 1.54) is 14.7 Å². The zero-order chi connectivity index (χ0) is 98.9. The van der Waals surface area contributed by atoms with Gasteiger partial charge in [-0.15, -0.1) is 0 Å². The number of fused-ring (bicyclic) bond motifs is 16. The fourth-order valence-electron chi connectivity index (χ4n) is 20.7. The van der Waals surface area contributed by atoms with Crippen LogP contribution in [0.3, 0.4) is 0 Å². The van der Waals surface area contributed by atoms with E-state index in [2.05, 4.69) is 116 Å². The van der Waals surface area contributed by atoms with Crippen LogP contribution < -0.4 is 26.2 Å². The highest BCUT2D eigenvalue weighted by atomic mass is 15.2. The summed E-state index contributed by atoms with van der Waals surface area (Å²) in [5, 5.41) is 2.30. The molecule has 6 heterocycles. The number of allylic oxidation sites excluding steroid dienone is 4. The number of nitrogens with zero attached hydrogens (tertiary/aromatic N) is 6. The van der Waals surface area contributed by atoms with Crippen LogP contribution in [0.5, 0.6) is 0 Å². The lowest BCUT2D eigenvalue weighted by atomic mass is 9.33. The summed E-state index contributed by atoms with van der Waals surface area (Å²) in [7, 11) is 0. The van der Waals surface area contributed by atoms with Gasteiger partial charge < -0.3 is 28.1 Å². The predicted octanol–water partition coefficient (Wildman–Crippen LogP) is 28.6. The first-order valence-electron chi connectivity index (χ1n) is 52.8. The van der Waals surface area contributed by atoms with Gasteiger partial charge in [-0.1, -0.05) is 274 Å². The Hall–Kier alpha value is -12.8. The fourth-order valence-corrected chi connectivity index (χ4v) is 20.7. The van der Waals surface area contributed by atoms with Crippen molar-refractivity contribution in [1.29, 1.82) is 0 Å². The molecule has 18 aromatic rings. The standard InChI is InChI=1S/C114H101BN6/c1-112(2,3)76-62-89(72-34-14-10-15-35-72)110(90(63-76)73-36-16-11-17-37-73)120-105-70-81(118-101-52-32-26-46-87(101)93-68-79(56-60-103(93)118)116-97-48-28-22-42-83(97)84-43-23-29-49-98(84)116)54-58-95(105)115-96-59-55-82(119-102-53-33-27-47-88(102)94-69-80(57-61-104(94)119)117-99-50-30-24-44-85(99)86-45-25-31-51-100(86)117)71-106(96)121(108-67-78(114(7,8)9)66-107(120)109(108)115)111-91(74-38-18-12-19-39-74)64-77(113(4,5)6)65-92(111)75-40-20-13-21-41-75/h10-12,14-18,22-37,40,42-64,66-71,74,77,92,111H,13,19-21,38-39,41,65H2,1-9H3/i26D,27D,32D,33D,46D,47D,52D,53D,54D,55D,56D,57D,58D,59D,60D,61D,68D,69D,70D,71D. The third-order valence-corrected chi connectivity index (χ3v) is 26.7. The number of hydrogen-bond acceptors (Lipinski definition) is 2. The topological polar surface area (TPSA) is 26.2 Å². The molecule has 0 saturated carbocycles. The Morgan fingerprint density at radius 3 is 1.35 bits per heavy atom. The van der Waals surface area contributed by atoms with Crippen LogP contribution in [0, 0.1) is 23.2 Å². The normalized spacial score (nSPS) is 19.9. The van der Waals surface area contributed by atoms with Crippen molar-refractivity contribution in [2.24, 2.45) is 23.2 Å². The summed E-state index contributed by atoms with van der Waals surface area (Å²) >= 11 is 0. The van der Waals surface area contributed by atoms with Gasteiger partial charge in [-0.3, -0.25) is 0 Å². The largest absolute Gasteiger partial charge is 0.334 e. The number of para-hydroxylation sites is 6. The molecule has 0 saturated heterocycles. The third kappa shape index (κ3) is 11.6. The van der Waals surface area contributed by atoms with Crippen LogP contribution in [0.25, 0.3) is 132 Å². The van der Waals surface area contributed by atoms with E-state index in [1.807, 2.05) is 163 Å². The summed E-state index contributed by atoms with van der Waals surface area (Å²) in [5.74, 6) is -0.512. The highest BCUT2D eigenvalue weighted by Crippen LogP contribution is 2.57. The molecule has 0 radical (unpaired) electrons. The minimum absolute atomic E-state index is 0.00157. The Bertz CT molecular complexity index is 8510. The molecule has 0 fully saturated rings. The van der Waals surface area contributed by atoms with Gasteiger partial charge in [-0.2, -0.15) is 0 Å². The summed E-state index contributed by atoms with van der Waals surface area (Å²) in [5.41, 5.74) is 6.96. The second-order valence-electron chi connectivity index (χ2n) is 36.9. The molecular weight excluding hydrogens is 1460 g/mol. The smallest absolute Gasteiger partial charge is 0.252 e. The lowest BCUT2D eigenvalue weighted by Gasteiger charge is -2.53. The molecule has 121 heavy (non-hydrogen) atoms. The summed E-state index contributed by atoms with van der Waals surface area (Å²) in [4.78, 5) is 4.27. The van der Waals surface area contributed by atoms with Gasteiger partial charge in [0, 0.05) is 106 Å². The maximum atomic E-state index is 12.2. The zero-order valence-corrected chi connectivity index (χ0v) is 69.4. The number of anilines is 5. The maximum Gasteiger partial charge on any atom is 0.252 e. The van der Waals surface area contributed by atoms with Crippen LogP contribution in [-0.4, -0.2) is 31.0 Å². The van der Waals surface area contributed by atoms with Crippen molar-refractivity contribution in [2.45, 2.75) is 131 Å². The maximum absolute atomic E-state index is 12.2. The first kappa shape index (κ1) is 55.1. The molecule has 590 valence electrons. The molecule has 0 N–H and O–H groups in total. The van der Waals surface area contributed by atoms with Crippen LogP contribution in [0.2, 0.25) is 0 Å². The van der Waals surface area contributed by atoms with Crippen molar-refractivity contribution >= 4 is 139 Å². The molecule has 4 aromatic heterocycles. The Kier molecular flexibility index (Phi) is 12.7. The average molecular weight is 1590 g/mol. The monoisotopic (exact) mass is 1580 g/mol. The van der Waals surface area contributed by atoms with Gasteiger partial charge in [0.15, 0.2) is 0 Å². The second-order valence-corrected chi connectivity index (χ2v) is 36.9. The van der Waals surface area contributed by atoms with Crippen LogP contribution in [0.4, 0.5) is 28.4 Å². The van der Waals surface area contributed by atoms with Crippen molar-refractivity contribution in [3.63, 3.8) is 0 Å². The zero-order valence-electron chi connectivity index (χ0n) is 89.4. The van der Waals surface area contributed by atoms with Crippen LogP contribution in [0.1, 0.15) is 152 Å². The quantitative estimate of drug-likeness (QED) is 0.101. The SMILES string of the molecule is [2H]c1c([2H])c(-n2c3c([2H])c([2H])c([2H])c([2H])c3c3c([2H])c(-n4c5ccccc5c5ccccc54)c([2H])c([2H])c32)c([2H])c2c1B1c3c(cc(C(C)(C)C)cc3N(C3C(C4CC=CCC4)=CC(C(C)(C)C)CC3C3=CCCCC3)c3c([2H])c(-n4c5c([2H])c([2H])c([2H])c([2H])c5c5c([2H])c(-n6c7ccccc7c7ccccc76)c([2H])c([2H])c54)c([2H])c([2H])c31)N2c1c(-c2ccccc2)cc(C(C)(C)C)cc1-c1ccccc1. The summed E-state index contributed by atoms with van der Waals surface area (Å²) in [6.45, 7) is 18.1. The molecule has 4 atom stereocenters. The van der Waals surface area contributed by atoms with E-state index < -0.39 is 150 Å². The fraction of sp³-hybridized carbons (Fsp3) is 0.211. The van der Waals surface area contributed by atoms with Crippen LogP contribution in [-0.2, 0) is 10.8 Å². The molecule has 2 aliphatic heterocycles. The molecule has 0 bridgehead atoms. The first-order valence-corrected chi connectivity index (χ1v) is 42.8. The van der Waals surface area contributed by atoms with Gasteiger partial charge in [-0.25, -0.2) is 0 Å². The Balaban J connectivity index is 0.930. The lowest BCUT2D eigenvalue weighted by Crippen LogP contribution is -2.64. The van der Waals surface area contributed by atoms with Crippen molar-refractivity contribution in [3.05, 3.63) is 349 Å². The average Bonchev–Trinajstić information content (AvgIpc) is 1.59. The molecule has 23 rings (SSSR count). The summed E-state index contributed by atoms with van der Waals surface area (Å²) < 4.78 is 221. The molecule has 6 nitrogen and oxygen atoms in total. The minimum Gasteiger partial charge on any atom is -0.334 e. The van der Waals surface area contributed by atoms with Gasteiger partial charge in [0.25, 0.3) is 6.71 Å². The van der Waals surface area contributed by atoms with E-state index in [4.69, 9.17) is 0 Å². The van der Waals surface area contributed by atoms with E-state index in [-0.39, 0.29) is 106 Å². The molecule has 5 aliphatic rings. The van der Waals surface area contributed by atoms with E-state index in [9.17, 15) is 27.4 Å². The van der Waals surface area contributed by atoms with Crippen molar-refractivity contribution < 1.29 is 27.4 Å². The molecule has 4 unspecified atom stereocenters. The van der Waals surface area contributed by atoms with Crippen molar-refractivity contribution in [3.8, 4) is 45.0 Å². The van der Waals surface area contributed by atoms with Gasteiger partial charge in [-0.05, 0) is 245 Å². The third-order valence-electron chi connectivity index (χ3n) is 26.7. The van der Waals surface area contributed by atoms with E-state index >= 15 is 0 Å². The number of hydrogen-bond donors (Lipinski definition) is 0. The minimum atomic E-state index is -1.56. The van der Waals surface area contributed by atoms with E-state index in [1.54, 1.807) is 9.13 Å². The Morgan fingerprint density at radius 2 is 0.851 bits per heavy atom. The number of benzene rings is 14. The summed E-state index contributed by atoms with van der Waals surface area (Å²) in [6.07, 6.45) is 15.5. The molecule has 0 amide bonds. The second kappa shape index (κ2) is 27.9. The predicted molar refractivity (Wildman–Crippen MR) is 516 cm³/mol. The molecular formula is C114H101BN6. The molecule has 3 aliphatic carbocycles. The van der Waals surface area contributed by atoms with Crippen molar-refractivity contribution in [2.75, 3.05) is 9.80 Å².